The van der Waals surface area contributed by atoms with Crippen LogP contribution in [0.1, 0.15) is 26.2 Å². The molecule has 0 aliphatic carbocycles. The van der Waals surface area contributed by atoms with Crippen molar-refractivity contribution in [2.45, 2.75) is 32.3 Å². The second-order valence-electron chi connectivity index (χ2n) is 3.86. The molecule has 2 amide bonds. The molecule has 0 saturated carbocycles. The highest BCUT2D eigenvalue weighted by Gasteiger charge is 2.20. The summed E-state index contributed by atoms with van der Waals surface area (Å²) in [5, 5.41) is 0. The van der Waals surface area contributed by atoms with Crippen molar-refractivity contribution in [3.63, 3.8) is 0 Å². The lowest BCUT2D eigenvalue weighted by Crippen LogP contribution is -2.37. The maximum Gasteiger partial charge on any atom is 0.243 e. The first-order valence-electron chi connectivity index (χ1n) is 5.25. The van der Waals surface area contributed by atoms with Crippen molar-refractivity contribution < 1.29 is 14.3 Å². The molecule has 0 spiro atoms. The monoisotopic (exact) mass is 214 g/mol. The molecule has 1 saturated heterocycles. The minimum Gasteiger partial charge on any atom is -0.368 e. The van der Waals surface area contributed by atoms with Crippen LogP contribution in [0.15, 0.2) is 0 Å². The molecule has 86 valence electrons. The lowest BCUT2D eigenvalue weighted by Gasteiger charge is -2.22. The number of hydrogen-bond donors (Lipinski definition) is 1. The molecular formula is C10H18N2O3. The van der Waals surface area contributed by atoms with Crippen LogP contribution in [-0.2, 0) is 14.3 Å². The van der Waals surface area contributed by atoms with Gasteiger partial charge in [-0.1, -0.05) is 0 Å². The largest absolute Gasteiger partial charge is 0.368 e. The van der Waals surface area contributed by atoms with Gasteiger partial charge in [0.15, 0.2) is 0 Å². The molecule has 0 bridgehead atoms. The molecule has 0 aromatic heterocycles. The van der Waals surface area contributed by atoms with Crippen LogP contribution in [0.2, 0.25) is 0 Å². The van der Waals surface area contributed by atoms with Crippen LogP contribution in [0.5, 0.6) is 0 Å². The molecule has 1 unspecified atom stereocenters. The first kappa shape index (κ1) is 12.0. The summed E-state index contributed by atoms with van der Waals surface area (Å²) in [4.78, 5) is 23.5. The minimum atomic E-state index is -0.464. The summed E-state index contributed by atoms with van der Waals surface area (Å²) in [6.07, 6.45) is 2.85. The topological polar surface area (TPSA) is 72.6 Å². The van der Waals surface area contributed by atoms with Crippen molar-refractivity contribution in [1.82, 2.24) is 4.90 Å². The van der Waals surface area contributed by atoms with E-state index < -0.39 is 5.91 Å². The molecule has 0 aromatic rings. The van der Waals surface area contributed by atoms with Gasteiger partial charge in [0, 0.05) is 20.0 Å². The quantitative estimate of drug-likeness (QED) is 0.712. The Morgan fingerprint density at radius 1 is 1.47 bits per heavy atom. The zero-order valence-corrected chi connectivity index (χ0v) is 9.07. The van der Waals surface area contributed by atoms with Crippen LogP contribution in [0.4, 0.5) is 0 Å². The average Bonchev–Trinajstić information content (AvgIpc) is 2.39. The Kier molecular flexibility index (Phi) is 4.55. The fourth-order valence-electron chi connectivity index (χ4n) is 1.73. The molecule has 1 aliphatic rings. The highest BCUT2D eigenvalue weighted by atomic mass is 16.5. The molecule has 5 heteroatoms. The third-order valence-corrected chi connectivity index (χ3v) is 2.53. The number of rotatable bonds is 3. The van der Waals surface area contributed by atoms with Crippen molar-refractivity contribution in [2.24, 2.45) is 5.73 Å². The summed E-state index contributed by atoms with van der Waals surface area (Å²) in [5.41, 5.74) is 5.00. The first-order chi connectivity index (χ1) is 7.09. The van der Waals surface area contributed by atoms with E-state index in [4.69, 9.17) is 10.5 Å². The van der Waals surface area contributed by atoms with Crippen LogP contribution in [0, 0.1) is 0 Å². The summed E-state index contributed by atoms with van der Waals surface area (Å²) < 4.78 is 5.34. The highest BCUT2D eigenvalue weighted by Crippen LogP contribution is 2.13. The molecule has 1 aliphatic heterocycles. The van der Waals surface area contributed by atoms with Gasteiger partial charge in [-0.2, -0.15) is 0 Å². The van der Waals surface area contributed by atoms with Crippen molar-refractivity contribution in [1.29, 1.82) is 0 Å². The molecular weight excluding hydrogens is 196 g/mol. The van der Waals surface area contributed by atoms with Crippen LogP contribution >= 0.6 is 0 Å². The van der Waals surface area contributed by atoms with Gasteiger partial charge in [0.1, 0.15) is 6.61 Å². The molecule has 0 aromatic carbocycles. The van der Waals surface area contributed by atoms with Gasteiger partial charge in [0.25, 0.3) is 0 Å². The summed E-state index contributed by atoms with van der Waals surface area (Å²) in [6.45, 7) is 2.85. The van der Waals surface area contributed by atoms with Crippen molar-refractivity contribution in [3.05, 3.63) is 0 Å². The zero-order chi connectivity index (χ0) is 11.3. The molecule has 0 radical (unpaired) electrons. The van der Waals surface area contributed by atoms with Crippen molar-refractivity contribution in [2.75, 3.05) is 19.7 Å². The number of nitrogens with two attached hydrogens (primary N) is 1. The number of carbonyl (C=O) groups is 2. The molecule has 1 fully saturated rings. The summed E-state index contributed by atoms with van der Waals surface area (Å²) >= 11 is 0. The summed E-state index contributed by atoms with van der Waals surface area (Å²) in [6, 6.07) is 0. The molecule has 1 rings (SSSR count). The van der Waals surface area contributed by atoms with Crippen LogP contribution in [0.25, 0.3) is 0 Å². The Morgan fingerprint density at radius 2 is 2.20 bits per heavy atom. The van der Waals surface area contributed by atoms with Gasteiger partial charge in [-0.3, -0.25) is 9.59 Å². The van der Waals surface area contributed by atoms with Crippen LogP contribution in [-0.4, -0.2) is 42.5 Å². The van der Waals surface area contributed by atoms with Crippen molar-refractivity contribution in [3.8, 4) is 0 Å². The normalized spacial score (nSPS) is 22.2. The number of likely N-dealkylation sites (tertiary alicyclic amines) is 1. The predicted octanol–water partition coefficient (Wildman–Crippen LogP) is -0.111. The Labute approximate surface area is 89.6 Å². The number of carbonyl (C=O) groups excluding carboxylic acids is 2. The van der Waals surface area contributed by atoms with E-state index in [1.54, 1.807) is 11.8 Å². The van der Waals surface area contributed by atoms with E-state index in [0.717, 1.165) is 25.8 Å². The Balaban J connectivity index is 2.42. The second kappa shape index (κ2) is 5.70. The standard InChI is InChI=1S/C10H18N2O3/c1-8(13)12-5-3-2-4-9(6-12)15-7-10(11)14/h9H,2-7H2,1H3,(H2,11,14). The van der Waals surface area contributed by atoms with Gasteiger partial charge in [-0.15, -0.1) is 0 Å². The number of ether oxygens (including phenoxy) is 1. The number of primary amides is 1. The lowest BCUT2D eigenvalue weighted by atomic mass is 10.2. The molecule has 5 nitrogen and oxygen atoms in total. The summed E-state index contributed by atoms with van der Waals surface area (Å²) in [7, 11) is 0. The third-order valence-electron chi connectivity index (χ3n) is 2.53. The van der Waals surface area contributed by atoms with E-state index in [1.807, 2.05) is 0 Å². The van der Waals surface area contributed by atoms with Gasteiger partial charge >= 0.3 is 0 Å². The summed E-state index contributed by atoms with van der Waals surface area (Å²) in [5.74, 6) is -0.404. The SMILES string of the molecule is CC(=O)N1CCCCC(OCC(N)=O)C1. The number of nitrogens with zero attached hydrogens (tertiary/aromatic N) is 1. The maximum atomic E-state index is 11.2. The molecule has 15 heavy (non-hydrogen) atoms. The van der Waals surface area contributed by atoms with Gasteiger partial charge in [0.05, 0.1) is 6.10 Å². The third kappa shape index (κ3) is 4.29. The zero-order valence-electron chi connectivity index (χ0n) is 9.07. The number of hydrogen-bond acceptors (Lipinski definition) is 3. The maximum absolute atomic E-state index is 11.2. The van der Waals surface area contributed by atoms with E-state index in [9.17, 15) is 9.59 Å². The van der Waals surface area contributed by atoms with Gasteiger partial charge in [0.2, 0.25) is 11.8 Å². The van der Waals surface area contributed by atoms with E-state index in [-0.39, 0.29) is 18.6 Å². The van der Waals surface area contributed by atoms with E-state index >= 15 is 0 Å². The average molecular weight is 214 g/mol. The Hall–Kier alpha value is -1.10. The van der Waals surface area contributed by atoms with Gasteiger partial charge < -0.3 is 15.4 Å². The first-order valence-corrected chi connectivity index (χ1v) is 5.25. The highest BCUT2D eigenvalue weighted by molar-refractivity contribution is 5.75. The Bertz CT molecular complexity index is 243. The van der Waals surface area contributed by atoms with E-state index in [0.29, 0.717) is 6.54 Å². The van der Waals surface area contributed by atoms with E-state index in [1.165, 1.54) is 0 Å². The molecule has 2 N–H and O–H groups in total. The Morgan fingerprint density at radius 3 is 2.80 bits per heavy atom. The predicted molar refractivity (Wildman–Crippen MR) is 55.0 cm³/mol. The lowest BCUT2D eigenvalue weighted by molar-refractivity contribution is -0.131. The fourth-order valence-corrected chi connectivity index (χ4v) is 1.73. The smallest absolute Gasteiger partial charge is 0.243 e. The van der Waals surface area contributed by atoms with Crippen molar-refractivity contribution >= 4 is 11.8 Å². The number of amides is 2. The fraction of sp³-hybridized carbons (Fsp3) is 0.800. The second-order valence-corrected chi connectivity index (χ2v) is 3.86. The molecule has 1 heterocycles. The van der Waals surface area contributed by atoms with Gasteiger partial charge in [-0.25, -0.2) is 0 Å². The minimum absolute atomic E-state index is 0.0519. The van der Waals surface area contributed by atoms with Crippen LogP contribution < -0.4 is 5.73 Å². The molecule has 1 atom stereocenters. The van der Waals surface area contributed by atoms with Crippen LogP contribution in [0.3, 0.4) is 0 Å². The van der Waals surface area contributed by atoms with Gasteiger partial charge in [-0.05, 0) is 19.3 Å². The van der Waals surface area contributed by atoms with E-state index in [2.05, 4.69) is 0 Å².